The second-order valence-electron chi connectivity index (χ2n) is 7.16. The molecule has 3 heterocycles. The van der Waals surface area contributed by atoms with Gasteiger partial charge >= 0.3 is 0 Å². The minimum Gasteiger partial charge on any atom is -0.384 e. The van der Waals surface area contributed by atoms with Gasteiger partial charge in [-0.15, -0.1) is 0 Å². The molecule has 1 saturated carbocycles. The summed E-state index contributed by atoms with van der Waals surface area (Å²) in [5.74, 6) is -0.306. The lowest BCUT2D eigenvalue weighted by Crippen LogP contribution is -2.49. The minimum atomic E-state index is -4.25. The number of carbonyl (C=O) groups is 1. The fraction of sp³-hybridized carbons (Fsp3) is 0.412. The van der Waals surface area contributed by atoms with E-state index in [1.165, 1.54) is 16.7 Å². The van der Waals surface area contributed by atoms with Crippen LogP contribution in [-0.4, -0.2) is 28.9 Å². The quantitative estimate of drug-likeness (QED) is 0.681. The van der Waals surface area contributed by atoms with E-state index >= 15 is 0 Å². The van der Waals surface area contributed by atoms with Gasteiger partial charge in [-0.25, -0.2) is 18.4 Å². The summed E-state index contributed by atoms with van der Waals surface area (Å²) in [5, 5.41) is 2.92. The minimum absolute atomic E-state index is 0.0448. The molecule has 1 aliphatic heterocycles. The molecule has 11 heteroatoms. The zero-order valence-corrected chi connectivity index (χ0v) is 16.0. The van der Waals surface area contributed by atoms with Gasteiger partial charge in [-0.3, -0.25) is 18.9 Å². The second kappa shape index (κ2) is 6.30. The van der Waals surface area contributed by atoms with E-state index in [1.807, 2.05) is 0 Å². The third kappa shape index (κ3) is 2.82. The highest BCUT2D eigenvalue weighted by molar-refractivity contribution is 7.92. The number of hydrogen-bond donors (Lipinski definition) is 3. The number of nitrogens with zero attached hydrogens (tertiary/aromatic N) is 3. The molecule has 0 bridgehead atoms. The van der Waals surface area contributed by atoms with Crippen molar-refractivity contribution in [3.8, 4) is 0 Å². The van der Waals surface area contributed by atoms with Crippen LogP contribution in [0.2, 0.25) is 0 Å². The van der Waals surface area contributed by atoms with Gasteiger partial charge in [0.05, 0.1) is 0 Å². The number of fused-ring (bicyclic) bond motifs is 2. The molecule has 0 atom stereocenters. The zero-order valence-electron chi connectivity index (χ0n) is 15.2. The molecule has 4 N–H and O–H groups in total. The van der Waals surface area contributed by atoms with Crippen molar-refractivity contribution < 1.29 is 13.2 Å². The van der Waals surface area contributed by atoms with E-state index < -0.39 is 26.1 Å². The first kappa shape index (κ1) is 18.4. The first-order chi connectivity index (χ1) is 13.2. The standard InChI is InChI=1S/C17H20N6O4S/c1-10-7-11(28(26,27)22-13-8-12(18)19-9-20-13)16(25)23-14(10)15(24)21-17(23)5-3-2-4-6-17/h7-9H,2-6H2,1H3,(H,21,24)(H3,18,19,20,22). The van der Waals surface area contributed by atoms with Crippen molar-refractivity contribution in [1.82, 2.24) is 19.9 Å². The zero-order chi connectivity index (χ0) is 20.1. The van der Waals surface area contributed by atoms with Crippen molar-refractivity contribution in [2.75, 3.05) is 10.5 Å². The number of rotatable bonds is 3. The van der Waals surface area contributed by atoms with Crippen LogP contribution in [0.5, 0.6) is 0 Å². The fourth-order valence-corrected chi connectivity index (χ4v) is 5.18. The normalized spacial score (nSPS) is 18.0. The highest BCUT2D eigenvalue weighted by Gasteiger charge is 2.46. The van der Waals surface area contributed by atoms with E-state index in [-0.39, 0.29) is 23.2 Å². The molecule has 0 aromatic carbocycles. The molecule has 1 amide bonds. The summed E-state index contributed by atoms with van der Waals surface area (Å²) in [6, 6.07) is 2.48. The molecule has 0 unspecified atom stereocenters. The molecule has 1 aliphatic carbocycles. The van der Waals surface area contributed by atoms with Gasteiger partial charge in [0.15, 0.2) is 4.90 Å². The first-order valence-electron chi connectivity index (χ1n) is 8.93. The Morgan fingerprint density at radius 2 is 1.89 bits per heavy atom. The van der Waals surface area contributed by atoms with E-state index in [0.29, 0.717) is 18.4 Å². The molecule has 10 nitrogen and oxygen atoms in total. The van der Waals surface area contributed by atoms with Crippen molar-refractivity contribution in [1.29, 1.82) is 0 Å². The molecule has 2 aromatic rings. The molecule has 1 spiro atoms. The Labute approximate surface area is 161 Å². The number of aromatic nitrogens is 3. The summed E-state index contributed by atoms with van der Waals surface area (Å²) in [6.07, 6.45) is 5.00. The average Bonchev–Trinajstić information content (AvgIpc) is 2.90. The van der Waals surface area contributed by atoms with Crippen molar-refractivity contribution >= 4 is 27.6 Å². The van der Waals surface area contributed by atoms with Crippen molar-refractivity contribution in [3.05, 3.63) is 40.1 Å². The molecular formula is C17H20N6O4S. The third-order valence-corrected chi connectivity index (χ3v) is 6.59. The number of nitrogens with two attached hydrogens (primary N) is 1. The van der Waals surface area contributed by atoms with Crippen molar-refractivity contribution in [3.63, 3.8) is 0 Å². The maximum atomic E-state index is 13.2. The Hall–Kier alpha value is -2.95. The van der Waals surface area contributed by atoms with Crippen molar-refractivity contribution in [2.45, 2.75) is 49.6 Å². The number of nitrogen functional groups attached to an aromatic ring is 1. The number of amides is 1. The topological polar surface area (TPSA) is 149 Å². The van der Waals surface area contributed by atoms with Crippen LogP contribution in [0.15, 0.2) is 28.2 Å². The predicted octanol–water partition coefficient (Wildman–Crippen LogP) is 0.690. The number of nitrogens with one attached hydrogen (secondary N) is 2. The summed E-state index contributed by atoms with van der Waals surface area (Å²) in [4.78, 5) is 32.8. The van der Waals surface area contributed by atoms with Gasteiger partial charge in [0, 0.05) is 6.07 Å². The summed E-state index contributed by atoms with van der Waals surface area (Å²) >= 11 is 0. The number of pyridine rings is 1. The number of hydrogen-bond acceptors (Lipinski definition) is 7. The van der Waals surface area contributed by atoms with E-state index in [9.17, 15) is 18.0 Å². The second-order valence-corrected chi connectivity index (χ2v) is 8.81. The van der Waals surface area contributed by atoms with Crippen LogP contribution in [0.3, 0.4) is 0 Å². The van der Waals surface area contributed by atoms with Gasteiger partial charge in [0.2, 0.25) is 0 Å². The lowest BCUT2D eigenvalue weighted by Gasteiger charge is -2.35. The first-order valence-corrected chi connectivity index (χ1v) is 10.4. The Bertz CT molecular complexity index is 1130. The van der Waals surface area contributed by atoms with Crippen LogP contribution >= 0.6 is 0 Å². The van der Waals surface area contributed by atoms with Crippen LogP contribution < -0.4 is 21.3 Å². The highest BCUT2D eigenvalue weighted by atomic mass is 32.2. The number of aryl methyl sites for hydroxylation is 1. The summed E-state index contributed by atoms with van der Waals surface area (Å²) in [5.41, 5.74) is 4.60. The number of anilines is 2. The average molecular weight is 404 g/mol. The van der Waals surface area contributed by atoms with Crippen molar-refractivity contribution in [2.24, 2.45) is 0 Å². The fourth-order valence-electron chi connectivity index (χ4n) is 4.03. The molecule has 1 fully saturated rings. The van der Waals surface area contributed by atoms with Gasteiger partial charge in [-0.05, 0) is 44.2 Å². The monoisotopic (exact) mass is 404 g/mol. The maximum absolute atomic E-state index is 13.2. The van der Waals surface area contributed by atoms with E-state index in [4.69, 9.17) is 5.73 Å². The number of sulfonamides is 1. The molecule has 28 heavy (non-hydrogen) atoms. The van der Waals surface area contributed by atoms with Gasteiger partial charge < -0.3 is 11.1 Å². The summed E-state index contributed by atoms with van der Waals surface area (Å²) in [7, 11) is -4.25. The predicted molar refractivity (Wildman–Crippen MR) is 101 cm³/mol. The van der Waals surface area contributed by atoms with Gasteiger partial charge in [0.1, 0.15) is 29.3 Å². The Kier molecular flexibility index (Phi) is 4.14. The highest BCUT2D eigenvalue weighted by Crippen LogP contribution is 2.37. The van der Waals surface area contributed by atoms with E-state index in [0.717, 1.165) is 25.6 Å². The molecule has 2 aromatic heterocycles. The van der Waals surface area contributed by atoms with E-state index in [2.05, 4.69) is 20.0 Å². The number of carbonyl (C=O) groups excluding carboxylic acids is 1. The molecular weight excluding hydrogens is 384 g/mol. The lowest BCUT2D eigenvalue weighted by atomic mass is 9.89. The van der Waals surface area contributed by atoms with E-state index in [1.54, 1.807) is 6.92 Å². The molecule has 148 valence electrons. The maximum Gasteiger partial charge on any atom is 0.273 e. The summed E-state index contributed by atoms with van der Waals surface area (Å²) in [6.45, 7) is 1.62. The van der Waals surface area contributed by atoms with Crippen LogP contribution in [0.25, 0.3) is 0 Å². The van der Waals surface area contributed by atoms with Crippen LogP contribution in [0, 0.1) is 6.92 Å². The molecule has 2 aliphatic rings. The van der Waals surface area contributed by atoms with Crippen LogP contribution in [0.1, 0.15) is 48.2 Å². The van der Waals surface area contributed by atoms with Crippen LogP contribution in [-0.2, 0) is 15.7 Å². The largest absolute Gasteiger partial charge is 0.384 e. The van der Waals surface area contributed by atoms with Crippen LogP contribution in [0.4, 0.5) is 11.6 Å². The van der Waals surface area contributed by atoms with Gasteiger partial charge in [-0.2, -0.15) is 0 Å². The molecule has 0 radical (unpaired) electrons. The molecule has 0 saturated heterocycles. The molecule has 4 rings (SSSR count). The Morgan fingerprint density at radius 3 is 2.57 bits per heavy atom. The van der Waals surface area contributed by atoms with Gasteiger partial charge in [-0.1, -0.05) is 6.42 Å². The third-order valence-electron chi connectivity index (χ3n) is 5.25. The summed E-state index contributed by atoms with van der Waals surface area (Å²) < 4.78 is 29.4. The van der Waals surface area contributed by atoms with Gasteiger partial charge in [0.25, 0.3) is 21.5 Å². The SMILES string of the molecule is Cc1cc(S(=O)(=O)Nc2cc(N)ncn2)c(=O)n2c1C(=O)NC21CCCCC1. The smallest absolute Gasteiger partial charge is 0.273 e. The Morgan fingerprint density at radius 1 is 1.18 bits per heavy atom. The lowest BCUT2D eigenvalue weighted by molar-refractivity contribution is 0.0876. The Balaban J connectivity index is 1.86.